The highest BCUT2D eigenvalue weighted by Gasteiger charge is 2.19. The van der Waals surface area contributed by atoms with Crippen LogP contribution in [0.25, 0.3) is 0 Å². The fraction of sp³-hybridized carbons (Fsp3) is 0.889. The quantitative estimate of drug-likeness (QED) is 0.651. The summed E-state index contributed by atoms with van der Waals surface area (Å²) < 4.78 is 0. The summed E-state index contributed by atoms with van der Waals surface area (Å²) in [7, 11) is 0. The molecule has 0 saturated carbocycles. The molecule has 1 heterocycles. The third kappa shape index (κ3) is 2.57. The molecule has 0 spiro atoms. The van der Waals surface area contributed by atoms with Crippen LogP contribution in [0, 0.1) is 0 Å². The Balaban J connectivity index is 2.34. The molecule has 1 aliphatic rings. The fourth-order valence-corrected chi connectivity index (χ4v) is 1.58. The van der Waals surface area contributed by atoms with Crippen LogP contribution in [0.3, 0.4) is 0 Å². The molecule has 1 radical (unpaired) electrons. The monoisotopic (exact) mass is 169 g/mol. The predicted molar refractivity (Wildman–Crippen MR) is 48.8 cm³/mol. The van der Waals surface area contributed by atoms with E-state index in [-0.39, 0.29) is 6.04 Å². The van der Waals surface area contributed by atoms with Crippen LogP contribution < -0.4 is 5.32 Å². The maximum Gasteiger partial charge on any atom is 0.217 e. The Labute approximate surface area is 74.1 Å². The minimum atomic E-state index is 0.0390. The number of piperazine rings is 1. The summed E-state index contributed by atoms with van der Waals surface area (Å²) in [5, 5.41) is 3.26. The molecular formula is C9H17N2O. The molecule has 1 aliphatic heterocycles. The van der Waals surface area contributed by atoms with Crippen molar-refractivity contribution in [3.05, 3.63) is 0 Å². The van der Waals surface area contributed by atoms with Crippen molar-refractivity contribution >= 4 is 6.29 Å². The topological polar surface area (TPSA) is 32.3 Å². The number of nitrogens with one attached hydrogen (secondary N) is 1. The summed E-state index contributed by atoms with van der Waals surface area (Å²) in [5.41, 5.74) is 0. The largest absolute Gasteiger partial charge is 0.314 e. The maximum atomic E-state index is 10.6. The Morgan fingerprint density at radius 2 is 2.17 bits per heavy atom. The molecule has 69 valence electrons. The second-order valence-electron chi connectivity index (χ2n) is 3.21. The molecular weight excluding hydrogens is 152 g/mol. The van der Waals surface area contributed by atoms with Crippen molar-refractivity contribution < 1.29 is 4.79 Å². The molecule has 0 aliphatic carbocycles. The third-order valence-electron chi connectivity index (χ3n) is 2.29. The van der Waals surface area contributed by atoms with E-state index in [0.29, 0.717) is 0 Å². The van der Waals surface area contributed by atoms with Crippen molar-refractivity contribution in [3.63, 3.8) is 0 Å². The minimum Gasteiger partial charge on any atom is -0.314 e. The van der Waals surface area contributed by atoms with Gasteiger partial charge in [-0.1, -0.05) is 13.3 Å². The van der Waals surface area contributed by atoms with Gasteiger partial charge in [-0.25, -0.2) is 0 Å². The summed E-state index contributed by atoms with van der Waals surface area (Å²) in [4.78, 5) is 12.8. The average Bonchev–Trinajstić information content (AvgIpc) is 2.15. The molecule has 0 aromatic carbocycles. The van der Waals surface area contributed by atoms with E-state index in [9.17, 15) is 4.79 Å². The van der Waals surface area contributed by atoms with E-state index in [0.717, 1.165) is 39.0 Å². The normalized spacial score (nSPS) is 22.1. The molecule has 1 rings (SSSR count). The van der Waals surface area contributed by atoms with E-state index in [1.165, 1.54) is 0 Å². The number of hydrogen-bond donors (Lipinski definition) is 1. The van der Waals surface area contributed by atoms with Crippen LogP contribution in [0.15, 0.2) is 0 Å². The van der Waals surface area contributed by atoms with Gasteiger partial charge in [0, 0.05) is 26.2 Å². The zero-order valence-corrected chi connectivity index (χ0v) is 7.68. The first-order valence-electron chi connectivity index (χ1n) is 4.71. The van der Waals surface area contributed by atoms with Gasteiger partial charge in [0.2, 0.25) is 6.29 Å². The van der Waals surface area contributed by atoms with Crippen LogP contribution in [-0.4, -0.2) is 43.4 Å². The summed E-state index contributed by atoms with van der Waals surface area (Å²) in [5.74, 6) is 0. The lowest BCUT2D eigenvalue weighted by atomic mass is 10.1. The van der Waals surface area contributed by atoms with Crippen molar-refractivity contribution in [2.45, 2.75) is 25.8 Å². The molecule has 0 amide bonds. The van der Waals surface area contributed by atoms with Gasteiger partial charge in [-0.05, 0) is 6.42 Å². The van der Waals surface area contributed by atoms with Crippen molar-refractivity contribution in [2.24, 2.45) is 0 Å². The Kier molecular flexibility index (Phi) is 4.25. The standard InChI is InChI=1S/C9H17N2O/c1-2-3-9(8-12)11-6-4-10-5-7-11/h9-10H,2-7H2,1H3. The summed E-state index contributed by atoms with van der Waals surface area (Å²) >= 11 is 0. The molecule has 12 heavy (non-hydrogen) atoms. The van der Waals surface area contributed by atoms with Gasteiger partial charge < -0.3 is 5.32 Å². The van der Waals surface area contributed by atoms with Gasteiger partial charge in [-0.15, -0.1) is 0 Å². The fourth-order valence-electron chi connectivity index (χ4n) is 1.58. The van der Waals surface area contributed by atoms with E-state index < -0.39 is 0 Å². The zero-order valence-electron chi connectivity index (χ0n) is 7.68. The van der Waals surface area contributed by atoms with Crippen molar-refractivity contribution in [2.75, 3.05) is 26.2 Å². The average molecular weight is 169 g/mol. The van der Waals surface area contributed by atoms with E-state index in [1.54, 1.807) is 0 Å². The van der Waals surface area contributed by atoms with Crippen molar-refractivity contribution in [1.29, 1.82) is 0 Å². The van der Waals surface area contributed by atoms with Gasteiger partial charge in [-0.3, -0.25) is 9.69 Å². The Hall–Kier alpha value is -0.410. The van der Waals surface area contributed by atoms with Crippen LogP contribution in [0.1, 0.15) is 19.8 Å². The number of rotatable bonds is 4. The van der Waals surface area contributed by atoms with Crippen molar-refractivity contribution in [3.8, 4) is 0 Å². The lowest BCUT2D eigenvalue weighted by Gasteiger charge is -2.31. The SMILES string of the molecule is CCCC([C]=O)N1CCNCC1. The molecule has 0 aromatic rings. The Morgan fingerprint density at radius 3 is 2.67 bits per heavy atom. The Morgan fingerprint density at radius 1 is 1.50 bits per heavy atom. The third-order valence-corrected chi connectivity index (χ3v) is 2.29. The first-order valence-corrected chi connectivity index (χ1v) is 4.71. The summed E-state index contributed by atoms with van der Waals surface area (Å²) in [6.45, 7) is 6.08. The first-order chi connectivity index (χ1) is 5.88. The van der Waals surface area contributed by atoms with Crippen LogP contribution in [0.5, 0.6) is 0 Å². The molecule has 1 unspecified atom stereocenters. The van der Waals surface area contributed by atoms with Gasteiger partial charge in [0.25, 0.3) is 0 Å². The number of nitrogens with zero attached hydrogens (tertiary/aromatic N) is 1. The molecule has 1 N–H and O–H groups in total. The minimum absolute atomic E-state index is 0.0390. The van der Waals surface area contributed by atoms with E-state index in [1.807, 2.05) is 0 Å². The zero-order chi connectivity index (χ0) is 8.81. The number of hydrogen-bond acceptors (Lipinski definition) is 3. The molecule has 0 bridgehead atoms. The molecule has 3 nitrogen and oxygen atoms in total. The van der Waals surface area contributed by atoms with Gasteiger partial charge in [-0.2, -0.15) is 0 Å². The molecule has 1 atom stereocenters. The van der Waals surface area contributed by atoms with Crippen LogP contribution in [0.2, 0.25) is 0 Å². The van der Waals surface area contributed by atoms with Gasteiger partial charge in [0.15, 0.2) is 0 Å². The van der Waals surface area contributed by atoms with Crippen LogP contribution in [0.4, 0.5) is 0 Å². The highest BCUT2D eigenvalue weighted by Crippen LogP contribution is 2.05. The first kappa shape index (κ1) is 9.68. The maximum absolute atomic E-state index is 10.6. The molecule has 3 heteroatoms. The predicted octanol–water partition coefficient (Wildman–Crippen LogP) is 0.170. The highest BCUT2D eigenvalue weighted by molar-refractivity contribution is 5.58. The smallest absolute Gasteiger partial charge is 0.217 e. The second kappa shape index (κ2) is 5.27. The van der Waals surface area contributed by atoms with Gasteiger partial charge in [0.05, 0.1) is 6.04 Å². The highest BCUT2D eigenvalue weighted by atomic mass is 16.1. The second-order valence-corrected chi connectivity index (χ2v) is 3.21. The van der Waals surface area contributed by atoms with Gasteiger partial charge in [0.1, 0.15) is 0 Å². The molecule has 0 aromatic heterocycles. The van der Waals surface area contributed by atoms with Gasteiger partial charge >= 0.3 is 0 Å². The van der Waals surface area contributed by atoms with Crippen molar-refractivity contribution in [1.82, 2.24) is 10.2 Å². The lowest BCUT2D eigenvalue weighted by molar-refractivity contribution is 0.201. The van der Waals surface area contributed by atoms with Crippen LogP contribution in [-0.2, 0) is 4.79 Å². The van der Waals surface area contributed by atoms with E-state index in [4.69, 9.17) is 0 Å². The Bertz CT molecular complexity index is 132. The van der Waals surface area contributed by atoms with E-state index in [2.05, 4.69) is 23.4 Å². The van der Waals surface area contributed by atoms with Crippen LogP contribution >= 0.6 is 0 Å². The summed E-state index contributed by atoms with van der Waals surface area (Å²) in [6, 6.07) is 0.0390. The lowest BCUT2D eigenvalue weighted by Crippen LogP contribution is -2.48. The number of carbonyl (C=O) groups excluding carboxylic acids is 1. The van der Waals surface area contributed by atoms with E-state index >= 15 is 0 Å². The molecule has 1 fully saturated rings. The summed E-state index contributed by atoms with van der Waals surface area (Å²) in [6.07, 6.45) is 4.13. The molecule has 1 saturated heterocycles.